The van der Waals surface area contributed by atoms with Gasteiger partial charge in [0, 0.05) is 11.4 Å². The Hall–Kier alpha value is -0.980. The number of nitrogens with zero attached hydrogens (tertiary/aromatic N) is 1. The number of thiazole rings is 1. The van der Waals surface area contributed by atoms with Gasteiger partial charge in [0.2, 0.25) is 5.91 Å². The van der Waals surface area contributed by atoms with Gasteiger partial charge < -0.3 is 15.7 Å². The summed E-state index contributed by atoms with van der Waals surface area (Å²) in [4.78, 5) is 16.4. The Morgan fingerprint density at radius 1 is 1.43 bits per heavy atom. The van der Waals surface area contributed by atoms with Gasteiger partial charge in [0.1, 0.15) is 0 Å². The molecule has 1 aliphatic carbocycles. The van der Waals surface area contributed by atoms with E-state index in [-0.39, 0.29) is 18.1 Å². The highest BCUT2D eigenvalue weighted by molar-refractivity contribution is 7.07. The van der Waals surface area contributed by atoms with E-state index in [9.17, 15) is 9.90 Å². The Morgan fingerprint density at radius 2 is 2.19 bits per heavy atom. The summed E-state index contributed by atoms with van der Waals surface area (Å²) in [6.45, 7) is 2.05. The van der Waals surface area contributed by atoms with Crippen LogP contribution in [0, 0.1) is 11.8 Å². The predicted molar refractivity (Wildman–Crippen MR) is 82.1 cm³/mol. The van der Waals surface area contributed by atoms with Gasteiger partial charge in [0.15, 0.2) is 0 Å². The maximum atomic E-state index is 12.3. The van der Waals surface area contributed by atoms with Crippen molar-refractivity contribution in [2.45, 2.75) is 44.2 Å². The van der Waals surface area contributed by atoms with Crippen molar-refractivity contribution in [3.8, 4) is 0 Å². The molecule has 116 valence electrons. The first-order chi connectivity index (χ1) is 10.2. The van der Waals surface area contributed by atoms with Crippen LogP contribution in [0.3, 0.4) is 0 Å². The average molecular weight is 309 g/mol. The summed E-state index contributed by atoms with van der Waals surface area (Å²) in [5, 5.41) is 18.1. The van der Waals surface area contributed by atoms with Crippen LogP contribution in [0.4, 0.5) is 0 Å². The van der Waals surface area contributed by atoms with Crippen molar-refractivity contribution in [2.75, 3.05) is 13.1 Å². The second-order valence-electron chi connectivity index (χ2n) is 6.22. The van der Waals surface area contributed by atoms with E-state index in [0.29, 0.717) is 18.3 Å². The Labute approximate surface area is 129 Å². The van der Waals surface area contributed by atoms with Crippen LogP contribution >= 0.6 is 11.3 Å². The van der Waals surface area contributed by atoms with E-state index in [1.165, 1.54) is 11.3 Å². The smallest absolute Gasteiger partial charge is 0.226 e. The average Bonchev–Trinajstić information content (AvgIpc) is 2.95. The summed E-state index contributed by atoms with van der Waals surface area (Å²) >= 11 is 1.52. The van der Waals surface area contributed by atoms with Crippen LogP contribution in [0.2, 0.25) is 0 Å². The van der Waals surface area contributed by atoms with Crippen LogP contribution in [0.1, 0.15) is 31.4 Å². The zero-order chi connectivity index (χ0) is 14.7. The molecule has 2 fully saturated rings. The van der Waals surface area contributed by atoms with Gasteiger partial charge >= 0.3 is 0 Å². The lowest BCUT2D eigenvalue weighted by molar-refractivity contribution is -0.123. The number of piperidine rings is 1. The molecule has 0 radical (unpaired) electrons. The van der Waals surface area contributed by atoms with Gasteiger partial charge in [0.05, 0.1) is 23.7 Å². The molecule has 1 saturated carbocycles. The first kappa shape index (κ1) is 14.9. The van der Waals surface area contributed by atoms with E-state index in [0.717, 1.165) is 44.5 Å². The highest BCUT2D eigenvalue weighted by Gasteiger charge is 2.39. The lowest BCUT2D eigenvalue weighted by Gasteiger charge is -2.43. The van der Waals surface area contributed by atoms with Crippen molar-refractivity contribution < 1.29 is 9.90 Å². The second-order valence-corrected chi connectivity index (χ2v) is 6.94. The van der Waals surface area contributed by atoms with E-state index in [4.69, 9.17) is 0 Å². The lowest BCUT2D eigenvalue weighted by Crippen LogP contribution is -2.53. The molecule has 5 nitrogen and oxygen atoms in total. The van der Waals surface area contributed by atoms with Crippen molar-refractivity contribution >= 4 is 17.2 Å². The second kappa shape index (κ2) is 6.85. The van der Waals surface area contributed by atoms with Crippen molar-refractivity contribution in [3.05, 3.63) is 16.6 Å². The summed E-state index contributed by atoms with van der Waals surface area (Å²) in [5.74, 6) is 1.02. The number of hydrogen-bond acceptors (Lipinski definition) is 5. The third-order valence-electron chi connectivity index (χ3n) is 4.70. The van der Waals surface area contributed by atoms with Crippen LogP contribution in [-0.4, -0.2) is 41.2 Å². The summed E-state index contributed by atoms with van der Waals surface area (Å²) in [6.07, 6.45) is 4.05. The third-order valence-corrected chi connectivity index (χ3v) is 5.34. The zero-order valence-electron chi connectivity index (χ0n) is 12.1. The summed E-state index contributed by atoms with van der Waals surface area (Å²) < 4.78 is 0. The minimum atomic E-state index is -0.172. The molecule has 0 bridgehead atoms. The van der Waals surface area contributed by atoms with E-state index in [2.05, 4.69) is 15.6 Å². The zero-order valence-corrected chi connectivity index (χ0v) is 12.9. The number of nitrogens with one attached hydrogen (secondary N) is 2. The number of carbonyl (C=O) groups is 1. The van der Waals surface area contributed by atoms with Crippen molar-refractivity contribution in [1.29, 1.82) is 0 Å². The minimum Gasteiger partial charge on any atom is -0.393 e. The quantitative estimate of drug-likeness (QED) is 0.757. The molecule has 0 spiro atoms. The number of aliphatic hydroxyl groups excluding tert-OH is 1. The van der Waals surface area contributed by atoms with Crippen LogP contribution < -0.4 is 10.6 Å². The molecule has 2 aliphatic rings. The van der Waals surface area contributed by atoms with Crippen molar-refractivity contribution in [2.24, 2.45) is 11.8 Å². The minimum absolute atomic E-state index is 0.0609. The Morgan fingerprint density at radius 3 is 2.81 bits per heavy atom. The number of amides is 1. The molecule has 21 heavy (non-hydrogen) atoms. The Kier molecular flexibility index (Phi) is 4.87. The predicted octanol–water partition coefficient (Wildman–Crippen LogP) is 0.941. The fourth-order valence-corrected chi connectivity index (χ4v) is 4.03. The fourth-order valence-electron chi connectivity index (χ4n) is 3.47. The summed E-state index contributed by atoms with van der Waals surface area (Å²) in [5.41, 5.74) is 2.60. The van der Waals surface area contributed by atoms with E-state index < -0.39 is 0 Å². The van der Waals surface area contributed by atoms with E-state index in [1.807, 2.05) is 5.38 Å². The van der Waals surface area contributed by atoms with E-state index in [1.54, 1.807) is 5.51 Å². The van der Waals surface area contributed by atoms with Gasteiger partial charge in [-0.1, -0.05) is 0 Å². The molecule has 6 heteroatoms. The van der Waals surface area contributed by atoms with Crippen LogP contribution in [-0.2, 0) is 11.2 Å². The molecule has 1 amide bonds. The normalized spacial score (nSPS) is 27.9. The number of carbonyl (C=O) groups excluding carboxylic acids is 1. The van der Waals surface area contributed by atoms with Gasteiger partial charge in [-0.2, -0.15) is 0 Å². The topological polar surface area (TPSA) is 74.2 Å². The summed E-state index contributed by atoms with van der Waals surface area (Å²) in [6, 6.07) is 0.210. The monoisotopic (exact) mass is 309 g/mol. The first-order valence-electron chi connectivity index (χ1n) is 7.77. The van der Waals surface area contributed by atoms with Gasteiger partial charge in [0.25, 0.3) is 0 Å². The molecule has 1 aromatic heterocycles. The maximum absolute atomic E-state index is 12.3. The number of hydrogen-bond donors (Lipinski definition) is 3. The molecule has 3 rings (SSSR count). The molecule has 1 saturated heterocycles. The highest BCUT2D eigenvalue weighted by Crippen LogP contribution is 2.35. The Bertz CT molecular complexity index is 453. The number of aliphatic hydroxyl groups is 1. The van der Waals surface area contributed by atoms with Crippen LogP contribution in [0.25, 0.3) is 0 Å². The molecule has 2 heterocycles. The first-order valence-corrected chi connectivity index (χ1v) is 8.72. The van der Waals surface area contributed by atoms with Gasteiger partial charge in [-0.15, -0.1) is 11.3 Å². The molecular formula is C15H23N3O2S. The number of aromatic nitrogens is 1. The number of rotatable bonds is 5. The maximum Gasteiger partial charge on any atom is 0.226 e. The molecule has 1 atom stereocenters. The summed E-state index contributed by atoms with van der Waals surface area (Å²) in [7, 11) is 0. The third kappa shape index (κ3) is 3.81. The van der Waals surface area contributed by atoms with E-state index >= 15 is 0 Å². The van der Waals surface area contributed by atoms with Crippen molar-refractivity contribution in [3.63, 3.8) is 0 Å². The van der Waals surface area contributed by atoms with Gasteiger partial charge in [-0.05, 0) is 50.6 Å². The van der Waals surface area contributed by atoms with Gasteiger partial charge in [-0.3, -0.25) is 4.79 Å². The van der Waals surface area contributed by atoms with Crippen LogP contribution in [0.5, 0.6) is 0 Å². The highest BCUT2D eigenvalue weighted by atomic mass is 32.1. The molecule has 1 aromatic rings. The Balaban J connectivity index is 1.59. The van der Waals surface area contributed by atoms with Gasteiger partial charge in [-0.25, -0.2) is 4.98 Å². The lowest BCUT2D eigenvalue weighted by atomic mass is 9.71. The fraction of sp³-hybridized carbons (Fsp3) is 0.733. The standard InChI is InChI=1S/C15H23N3O2S/c19-13-5-11(6-13)15(10-1-3-16-4-2-10)18-14(20)7-12-8-21-9-17-12/h8-11,13,15-16,19H,1-7H2,(H,18,20). The van der Waals surface area contributed by atoms with Crippen LogP contribution in [0.15, 0.2) is 10.9 Å². The molecule has 1 unspecified atom stereocenters. The van der Waals surface area contributed by atoms with Crippen molar-refractivity contribution in [1.82, 2.24) is 15.6 Å². The molecule has 0 aromatic carbocycles. The largest absolute Gasteiger partial charge is 0.393 e. The molecule has 1 aliphatic heterocycles. The molecular weight excluding hydrogens is 286 g/mol. The SMILES string of the molecule is O=C(Cc1cscn1)NC(C1CCNCC1)C1CC(O)C1. The molecule has 3 N–H and O–H groups in total.